The molecule has 182 valence electrons. The van der Waals surface area contributed by atoms with Crippen LogP contribution in [0.25, 0.3) is 33.7 Å². The molecule has 1 atom stereocenters. The van der Waals surface area contributed by atoms with E-state index in [0.29, 0.717) is 48.7 Å². The standard InChI is InChI=1S/C24H27N7O4/c1-4-31-18(12-17-21(31)26-8-7-25-17)22-28-16-10-14(11-19(35-3)20(16)29(22)2)23(32)30-9-5-6-15(13-30)27-24(33)34/h7-8,10-12,15,27H,4-6,9,13H2,1-3H3,(H,33,34)/t15-/m1/s1. The largest absolute Gasteiger partial charge is 0.494 e. The summed E-state index contributed by atoms with van der Waals surface area (Å²) in [6, 6.07) is 5.18. The van der Waals surface area contributed by atoms with Gasteiger partial charge >= 0.3 is 6.09 Å². The summed E-state index contributed by atoms with van der Waals surface area (Å²) in [4.78, 5) is 39.9. The number of benzene rings is 1. The average Bonchev–Trinajstić information content (AvgIpc) is 3.39. The van der Waals surface area contributed by atoms with Gasteiger partial charge in [0.05, 0.1) is 18.3 Å². The highest BCUT2D eigenvalue weighted by Gasteiger charge is 2.27. The number of aryl methyl sites for hydroxylation is 2. The Balaban J connectivity index is 1.56. The summed E-state index contributed by atoms with van der Waals surface area (Å²) in [5, 5.41) is 11.5. The number of piperidine rings is 1. The molecular weight excluding hydrogens is 450 g/mol. The van der Waals surface area contributed by atoms with Gasteiger partial charge in [-0.05, 0) is 38.0 Å². The van der Waals surface area contributed by atoms with Crippen molar-refractivity contribution in [2.24, 2.45) is 7.05 Å². The van der Waals surface area contributed by atoms with Crippen molar-refractivity contribution >= 4 is 34.2 Å². The number of carbonyl (C=O) groups excluding carboxylic acids is 1. The van der Waals surface area contributed by atoms with Gasteiger partial charge in [0.1, 0.15) is 16.8 Å². The van der Waals surface area contributed by atoms with Crippen LogP contribution < -0.4 is 10.1 Å². The van der Waals surface area contributed by atoms with Crippen LogP contribution in [0.15, 0.2) is 30.6 Å². The molecule has 0 aliphatic carbocycles. The maximum absolute atomic E-state index is 13.4. The van der Waals surface area contributed by atoms with Gasteiger partial charge in [-0.25, -0.2) is 14.8 Å². The molecule has 1 saturated heterocycles. The number of ether oxygens (including phenoxy) is 1. The Hall–Kier alpha value is -4.15. The van der Waals surface area contributed by atoms with Crippen LogP contribution in [-0.4, -0.2) is 72.3 Å². The topological polar surface area (TPSA) is 127 Å². The van der Waals surface area contributed by atoms with Crippen LogP contribution in [-0.2, 0) is 13.6 Å². The lowest BCUT2D eigenvalue weighted by Crippen LogP contribution is -2.49. The minimum Gasteiger partial charge on any atom is -0.494 e. The van der Waals surface area contributed by atoms with Gasteiger partial charge in [0, 0.05) is 50.7 Å². The fourth-order valence-electron chi connectivity index (χ4n) is 4.93. The van der Waals surface area contributed by atoms with Gasteiger partial charge in [0.25, 0.3) is 5.91 Å². The van der Waals surface area contributed by atoms with E-state index in [9.17, 15) is 9.59 Å². The number of nitrogens with one attached hydrogen (secondary N) is 1. The van der Waals surface area contributed by atoms with E-state index in [4.69, 9.17) is 14.8 Å². The molecule has 1 aromatic carbocycles. The fraction of sp³-hybridized carbons (Fsp3) is 0.375. The Kier molecular flexibility index (Phi) is 5.75. The fourth-order valence-corrected chi connectivity index (χ4v) is 4.93. The Morgan fingerprint density at radius 1 is 1.20 bits per heavy atom. The lowest BCUT2D eigenvalue weighted by atomic mass is 10.0. The first-order chi connectivity index (χ1) is 16.9. The number of hydrogen-bond donors (Lipinski definition) is 2. The number of methoxy groups -OCH3 is 1. The van der Waals surface area contributed by atoms with Gasteiger partial charge in [-0.1, -0.05) is 0 Å². The molecule has 4 heterocycles. The van der Waals surface area contributed by atoms with Crippen LogP contribution in [0.4, 0.5) is 4.79 Å². The highest BCUT2D eigenvalue weighted by Crippen LogP contribution is 2.34. The zero-order valence-electron chi connectivity index (χ0n) is 19.9. The molecule has 1 fully saturated rings. The molecule has 0 radical (unpaired) electrons. The molecule has 3 aromatic heterocycles. The zero-order chi connectivity index (χ0) is 24.7. The van der Waals surface area contributed by atoms with Gasteiger partial charge in [-0.3, -0.25) is 9.78 Å². The summed E-state index contributed by atoms with van der Waals surface area (Å²) < 4.78 is 9.69. The second kappa shape index (κ2) is 8.90. The summed E-state index contributed by atoms with van der Waals surface area (Å²) in [6.07, 6.45) is 3.69. The lowest BCUT2D eigenvalue weighted by molar-refractivity contribution is 0.0692. The van der Waals surface area contributed by atoms with E-state index < -0.39 is 6.09 Å². The molecular formula is C24H27N7O4. The van der Waals surface area contributed by atoms with Crippen molar-refractivity contribution in [3.8, 4) is 17.3 Å². The molecule has 2 amide bonds. The monoisotopic (exact) mass is 477 g/mol. The van der Waals surface area contributed by atoms with Crippen molar-refractivity contribution in [1.82, 2.24) is 34.3 Å². The van der Waals surface area contributed by atoms with Crippen LogP contribution in [0.2, 0.25) is 0 Å². The van der Waals surface area contributed by atoms with Gasteiger partial charge in [-0.15, -0.1) is 0 Å². The molecule has 5 rings (SSSR count). The predicted octanol–water partition coefficient (Wildman–Crippen LogP) is 2.89. The third kappa shape index (κ3) is 3.92. The molecule has 0 unspecified atom stereocenters. The summed E-state index contributed by atoms with van der Waals surface area (Å²) in [5.41, 5.74) is 4.31. The van der Waals surface area contributed by atoms with Crippen molar-refractivity contribution in [1.29, 1.82) is 0 Å². The summed E-state index contributed by atoms with van der Waals surface area (Å²) in [7, 11) is 3.49. The molecule has 11 nitrogen and oxygen atoms in total. The zero-order valence-corrected chi connectivity index (χ0v) is 19.9. The number of likely N-dealkylation sites (tertiary alicyclic amines) is 1. The summed E-state index contributed by atoms with van der Waals surface area (Å²) in [6.45, 7) is 3.64. The minimum atomic E-state index is -1.08. The Morgan fingerprint density at radius 3 is 2.74 bits per heavy atom. The second-order valence-corrected chi connectivity index (χ2v) is 8.62. The molecule has 1 aliphatic rings. The van der Waals surface area contributed by atoms with Crippen molar-refractivity contribution in [2.75, 3.05) is 20.2 Å². The number of rotatable bonds is 5. The maximum atomic E-state index is 13.4. The second-order valence-electron chi connectivity index (χ2n) is 8.62. The first-order valence-electron chi connectivity index (χ1n) is 11.5. The molecule has 11 heteroatoms. The quantitative estimate of drug-likeness (QED) is 0.452. The third-order valence-electron chi connectivity index (χ3n) is 6.51. The first kappa shape index (κ1) is 22.6. The predicted molar refractivity (Wildman–Crippen MR) is 130 cm³/mol. The van der Waals surface area contributed by atoms with E-state index >= 15 is 0 Å². The molecule has 1 aliphatic heterocycles. The van der Waals surface area contributed by atoms with Crippen LogP contribution in [0.3, 0.4) is 0 Å². The number of imidazole rings is 1. The highest BCUT2D eigenvalue weighted by molar-refractivity contribution is 6.00. The number of carboxylic acid groups (broad SMARTS) is 1. The SMILES string of the molecule is CCn1c(-c2nc3cc(C(=O)N4CCC[C@@H](NC(=O)O)C4)cc(OC)c3n2C)cc2nccnc21. The molecule has 35 heavy (non-hydrogen) atoms. The molecule has 0 spiro atoms. The van der Waals surface area contributed by atoms with Crippen LogP contribution in [0.1, 0.15) is 30.1 Å². The van der Waals surface area contributed by atoms with Crippen LogP contribution in [0, 0.1) is 0 Å². The van der Waals surface area contributed by atoms with Gasteiger partial charge in [0.2, 0.25) is 0 Å². The highest BCUT2D eigenvalue weighted by atomic mass is 16.5. The van der Waals surface area contributed by atoms with E-state index in [1.54, 1.807) is 36.5 Å². The third-order valence-corrected chi connectivity index (χ3v) is 6.51. The Morgan fingerprint density at radius 2 is 2.00 bits per heavy atom. The number of hydrogen-bond acceptors (Lipinski definition) is 6. The van der Waals surface area contributed by atoms with E-state index in [1.807, 2.05) is 24.6 Å². The van der Waals surface area contributed by atoms with E-state index in [1.165, 1.54) is 0 Å². The van der Waals surface area contributed by atoms with Crippen molar-refractivity contribution in [3.63, 3.8) is 0 Å². The molecule has 0 bridgehead atoms. The van der Waals surface area contributed by atoms with Crippen molar-refractivity contribution in [3.05, 3.63) is 36.2 Å². The van der Waals surface area contributed by atoms with Gasteiger partial charge < -0.3 is 29.2 Å². The smallest absolute Gasteiger partial charge is 0.404 e. The van der Waals surface area contributed by atoms with E-state index in [-0.39, 0.29) is 11.9 Å². The minimum absolute atomic E-state index is 0.176. The summed E-state index contributed by atoms with van der Waals surface area (Å²) in [5.74, 6) is 1.08. The Labute approximate surface area is 201 Å². The first-order valence-corrected chi connectivity index (χ1v) is 11.5. The molecule has 4 aromatic rings. The molecule has 0 saturated carbocycles. The lowest BCUT2D eigenvalue weighted by Gasteiger charge is -2.32. The number of aromatic nitrogens is 5. The number of carbonyl (C=O) groups is 2. The van der Waals surface area contributed by atoms with Crippen molar-refractivity contribution < 1.29 is 19.4 Å². The normalized spacial score (nSPS) is 16.1. The van der Waals surface area contributed by atoms with E-state index in [2.05, 4.69) is 19.9 Å². The van der Waals surface area contributed by atoms with E-state index in [0.717, 1.165) is 28.8 Å². The van der Waals surface area contributed by atoms with Crippen LogP contribution in [0.5, 0.6) is 5.75 Å². The number of nitrogens with zero attached hydrogens (tertiary/aromatic N) is 6. The van der Waals surface area contributed by atoms with Gasteiger partial charge in [-0.2, -0.15) is 0 Å². The number of amides is 2. The number of fused-ring (bicyclic) bond motifs is 2. The van der Waals surface area contributed by atoms with Gasteiger partial charge in [0.15, 0.2) is 11.5 Å². The summed E-state index contributed by atoms with van der Waals surface area (Å²) >= 11 is 0. The van der Waals surface area contributed by atoms with Crippen molar-refractivity contribution in [2.45, 2.75) is 32.4 Å². The maximum Gasteiger partial charge on any atom is 0.404 e. The Bertz CT molecular complexity index is 1440. The van der Waals surface area contributed by atoms with Crippen LogP contribution >= 0.6 is 0 Å². The molecule has 2 N–H and O–H groups in total. The average molecular weight is 478 g/mol.